The van der Waals surface area contributed by atoms with Crippen molar-refractivity contribution in [1.82, 2.24) is 10.3 Å². The number of fused-ring (bicyclic) bond motifs is 1. The highest BCUT2D eigenvalue weighted by atomic mass is 16.4. The van der Waals surface area contributed by atoms with Gasteiger partial charge in [-0.15, -0.1) is 0 Å². The van der Waals surface area contributed by atoms with Crippen molar-refractivity contribution in [3.63, 3.8) is 0 Å². The van der Waals surface area contributed by atoms with E-state index in [2.05, 4.69) is 17.2 Å². The van der Waals surface area contributed by atoms with E-state index in [1.165, 1.54) is 11.3 Å². The SMILES string of the molecule is CC1(CCC(=O)O)NCCc2[nH]ccc21.CCC(=O)O. The molecule has 1 aromatic heterocycles. The number of carboxylic acids is 2. The molecule has 1 aromatic rings. The molecule has 0 bridgehead atoms. The Labute approximate surface area is 118 Å². The quantitative estimate of drug-likeness (QED) is 0.673. The van der Waals surface area contributed by atoms with Crippen LogP contribution >= 0.6 is 0 Å². The van der Waals surface area contributed by atoms with Crippen LogP contribution in [0.25, 0.3) is 0 Å². The second-order valence-corrected chi connectivity index (χ2v) is 5.02. The summed E-state index contributed by atoms with van der Waals surface area (Å²) in [5, 5.41) is 19.9. The van der Waals surface area contributed by atoms with Gasteiger partial charge in [0.1, 0.15) is 0 Å². The second kappa shape index (κ2) is 7.09. The number of aliphatic carboxylic acids is 2. The number of aromatic nitrogens is 1. The van der Waals surface area contributed by atoms with Crippen LogP contribution in [0, 0.1) is 0 Å². The largest absolute Gasteiger partial charge is 0.481 e. The third-order valence-corrected chi connectivity index (χ3v) is 3.46. The lowest BCUT2D eigenvalue weighted by atomic mass is 9.84. The van der Waals surface area contributed by atoms with Crippen LogP contribution in [0.15, 0.2) is 12.3 Å². The zero-order chi connectivity index (χ0) is 15.2. The van der Waals surface area contributed by atoms with Crippen molar-refractivity contribution in [2.75, 3.05) is 6.54 Å². The Morgan fingerprint density at radius 2 is 2.00 bits per heavy atom. The van der Waals surface area contributed by atoms with Gasteiger partial charge in [0, 0.05) is 43.2 Å². The molecular weight excluding hydrogens is 260 g/mol. The minimum atomic E-state index is -0.745. The topological polar surface area (TPSA) is 102 Å². The standard InChI is InChI=1S/C11H16N2O2.C3H6O2/c1-11(5-2-10(14)15)8-3-6-12-9(8)4-7-13-11;1-2-3(4)5/h3,6,12-13H,2,4-5,7H2,1H3,(H,14,15);2H2,1H3,(H,4,5). The Bertz CT molecular complexity index is 469. The zero-order valence-corrected chi connectivity index (χ0v) is 11.9. The third-order valence-electron chi connectivity index (χ3n) is 3.46. The van der Waals surface area contributed by atoms with Crippen LogP contribution in [0.5, 0.6) is 0 Å². The zero-order valence-electron chi connectivity index (χ0n) is 11.9. The Balaban J connectivity index is 0.000000347. The van der Waals surface area contributed by atoms with E-state index in [0.717, 1.165) is 13.0 Å². The molecule has 1 unspecified atom stereocenters. The van der Waals surface area contributed by atoms with Gasteiger partial charge in [0.05, 0.1) is 0 Å². The molecule has 0 amide bonds. The van der Waals surface area contributed by atoms with Gasteiger partial charge in [0.2, 0.25) is 0 Å². The fraction of sp³-hybridized carbons (Fsp3) is 0.571. The molecule has 0 spiro atoms. The molecule has 2 rings (SSSR count). The number of nitrogens with one attached hydrogen (secondary N) is 2. The minimum Gasteiger partial charge on any atom is -0.481 e. The lowest BCUT2D eigenvalue weighted by Crippen LogP contribution is -2.44. The molecule has 1 aliphatic rings. The van der Waals surface area contributed by atoms with Gasteiger partial charge in [-0.3, -0.25) is 9.59 Å². The van der Waals surface area contributed by atoms with Gasteiger partial charge in [0.15, 0.2) is 0 Å². The van der Waals surface area contributed by atoms with Crippen molar-refractivity contribution in [3.05, 3.63) is 23.5 Å². The van der Waals surface area contributed by atoms with Crippen LogP contribution in [0.2, 0.25) is 0 Å². The predicted octanol–water partition coefficient (Wildman–Crippen LogP) is 1.72. The lowest BCUT2D eigenvalue weighted by Gasteiger charge is -2.35. The molecule has 1 atom stereocenters. The van der Waals surface area contributed by atoms with Gasteiger partial charge in [-0.1, -0.05) is 6.92 Å². The van der Waals surface area contributed by atoms with Crippen molar-refractivity contribution in [1.29, 1.82) is 0 Å². The smallest absolute Gasteiger partial charge is 0.303 e. The first-order chi connectivity index (χ1) is 9.39. The van der Waals surface area contributed by atoms with E-state index in [1.54, 1.807) is 6.92 Å². The monoisotopic (exact) mass is 282 g/mol. The first-order valence-corrected chi connectivity index (χ1v) is 6.74. The van der Waals surface area contributed by atoms with E-state index in [9.17, 15) is 9.59 Å². The van der Waals surface area contributed by atoms with Gasteiger partial charge in [-0.05, 0) is 25.0 Å². The summed E-state index contributed by atoms with van der Waals surface area (Å²) in [6.45, 7) is 4.58. The summed E-state index contributed by atoms with van der Waals surface area (Å²) in [6, 6.07) is 2.04. The van der Waals surface area contributed by atoms with Crippen LogP contribution < -0.4 is 5.32 Å². The van der Waals surface area contributed by atoms with Crippen LogP contribution in [-0.4, -0.2) is 33.7 Å². The molecule has 6 heteroatoms. The molecule has 112 valence electrons. The van der Waals surface area contributed by atoms with Crippen LogP contribution in [0.1, 0.15) is 44.4 Å². The number of hydrogen-bond donors (Lipinski definition) is 4. The summed E-state index contributed by atoms with van der Waals surface area (Å²) in [7, 11) is 0. The molecule has 0 saturated heterocycles. The maximum absolute atomic E-state index is 10.6. The summed E-state index contributed by atoms with van der Waals surface area (Å²) < 4.78 is 0. The van der Waals surface area contributed by atoms with Gasteiger partial charge < -0.3 is 20.5 Å². The van der Waals surface area contributed by atoms with E-state index < -0.39 is 11.9 Å². The fourth-order valence-electron chi connectivity index (χ4n) is 2.27. The highest BCUT2D eigenvalue weighted by Crippen LogP contribution is 2.31. The van der Waals surface area contributed by atoms with Crippen molar-refractivity contribution in [2.24, 2.45) is 0 Å². The molecule has 0 fully saturated rings. The highest BCUT2D eigenvalue weighted by molar-refractivity contribution is 5.67. The molecule has 1 aliphatic heterocycles. The number of H-pyrrole nitrogens is 1. The number of rotatable bonds is 4. The Morgan fingerprint density at radius 1 is 1.35 bits per heavy atom. The normalized spacial score (nSPS) is 20.5. The van der Waals surface area contributed by atoms with Crippen LogP contribution in [0.3, 0.4) is 0 Å². The summed E-state index contributed by atoms with van der Waals surface area (Å²) >= 11 is 0. The summed E-state index contributed by atoms with van der Waals surface area (Å²) in [5.74, 6) is -1.48. The van der Waals surface area contributed by atoms with Crippen LogP contribution in [-0.2, 0) is 21.5 Å². The first kappa shape index (κ1) is 16.2. The molecule has 20 heavy (non-hydrogen) atoms. The van der Waals surface area contributed by atoms with Gasteiger partial charge in [-0.25, -0.2) is 0 Å². The van der Waals surface area contributed by atoms with Gasteiger partial charge >= 0.3 is 11.9 Å². The number of carbonyl (C=O) groups is 2. The van der Waals surface area contributed by atoms with E-state index in [-0.39, 0.29) is 18.4 Å². The van der Waals surface area contributed by atoms with Gasteiger partial charge in [-0.2, -0.15) is 0 Å². The second-order valence-electron chi connectivity index (χ2n) is 5.02. The molecular formula is C14H22N2O4. The molecule has 2 heterocycles. The van der Waals surface area contributed by atoms with Crippen molar-refractivity contribution in [3.8, 4) is 0 Å². The minimum absolute atomic E-state index is 0.189. The molecule has 6 nitrogen and oxygen atoms in total. The van der Waals surface area contributed by atoms with Crippen molar-refractivity contribution >= 4 is 11.9 Å². The Hall–Kier alpha value is -1.82. The average molecular weight is 282 g/mol. The molecule has 4 N–H and O–H groups in total. The third kappa shape index (κ3) is 4.38. The fourth-order valence-corrected chi connectivity index (χ4v) is 2.27. The maximum Gasteiger partial charge on any atom is 0.303 e. The lowest BCUT2D eigenvalue weighted by molar-refractivity contribution is -0.138. The van der Waals surface area contributed by atoms with E-state index in [0.29, 0.717) is 6.42 Å². The number of carboxylic acid groups (broad SMARTS) is 2. The molecule has 0 saturated carbocycles. The summed E-state index contributed by atoms with van der Waals surface area (Å²) in [6.07, 6.45) is 3.98. The first-order valence-electron chi connectivity index (χ1n) is 6.74. The van der Waals surface area contributed by atoms with E-state index >= 15 is 0 Å². The van der Waals surface area contributed by atoms with E-state index in [4.69, 9.17) is 10.2 Å². The maximum atomic E-state index is 10.6. The Kier molecular flexibility index (Phi) is 5.76. The summed E-state index contributed by atoms with van der Waals surface area (Å²) in [4.78, 5) is 23.2. The number of hydrogen-bond acceptors (Lipinski definition) is 3. The predicted molar refractivity (Wildman–Crippen MR) is 74.6 cm³/mol. The average Bonchev–Trinajstić information content (AvgIpc) is 2.87. The van der Waals surface area contributed by atoms with Gasteiger partial charge in [0.25, 0.3) is 0 Å². The summed E-state index contributed by atoms with van der Waals surface area (Å²) in [5.41, 5.74) is 2.27. The Morgan fingerprint density at radius 3 is 2.55 bits per heavy atom. The molecule has 0 aromatic carbocycles. The molecule has 0 radical (unpaired) electrons. The highest BCUT2D eigenvalue weighted by Gasteiger charge is 2.32. The van der Waals surface area contributed by atoms with Crippen molar-refractivity contribution in [2.45, 2.75) is 45.1 Å². The molecule has 0 aliphatic carbocycles. The number of aromatic amines is 1. The van der Waals surface area contributed by atoms with Crippen LogP contribution in [0.4, 0.5) is 0 Å². The van der Waals surface area contributed by atoms with E-state index in [1.807, 2.05) is 12.3 Å². The van der Waals surface area contributed by atoms with Crippen molar-refractivity contribution < 1.29 is 19.8 Å².